The highest BCUT2D eigenvalue weighted by Gasteiger charge is 2.09. The zero-order valence-electron chi connectivity index (χ0n) is 15.2. The van der Waals surface area contributed by atoms with Gasteiger partial charge < -0.3 is 15.4 Å². The summed E-state index contributed by atoms with van der Waals surface area (Å²) in [5.41, 5.74) is 2.02. The van der Waals surface area contributed by atoms with Crippen molar-refractivity contribution in [3.63, 3.8) is 0 Å². The number of ether oxygens (including phenoxy) is 1. The Labute approximate surface area is 149 Å². The van der Waals surface area contributed by atoms with Gasteiger partial charge in [-0.05, 0) is 56.7 Å². The summed E-state index contributed by atoms with van der Waals surface area (Å²) in [6, 6.07) is 11.0. The van der Waals surface area contributed by atoms with E-state index in [9.17, 15) is 4.79 Å². The highest BCUT2D eigenvalue weighted by atomic mass is 16.5. The van der Waals surface area contributed by atoms with Crippen molar-refractivity contribution >= 4 is 17.3 Å². The molecule has 5 nitrogen and oxygen atoms in total. The number of anilines is 2. The molecule has 0 atom stereocenters. The van der Waals surface area contributed by atoms with Crippen molar-refractivity contribution in [2.75, 3.05) is 17.2 Å². The summed E-state index contributed by atoms with van der Waals surface area (Å²) in [5.74, 6) is 0.555. The zero-order valence-corrected chi connectivity index (χ0v) is 15.2. The maximum absolute atomic E-state index is 12.4. The Kier molecular flexibility index (Phi) is 7.26. The van der Waals surface area contributed by atoms with Crippen molar-refractivity contribution in [2.45, 2.75) is 46.1 Å². The van der Waals surface area contributed by atoms with Gasteiger partial charge in [-0.1, -0.05) is 19.8 Å². The Bertz CT molecular complexity index is 669. The maximum Gasteiger partial charge on any atom is 0.274 e. The summed E-state index contributed by atoms with van der Waals surface area (Å²) in [6.45, 7) is 7.03. The van der Waals surface area contributed by atoms with E-state index in [0.717, 1.165) is 24.4 Å². The molecule has 0 aliphatic carbocycles. The smallest absolute Gasteiger partial charge is 0.274 e. The van der Waals surface area contributed by atoms with E-state index in [1.54, 1.807) is 12.3 Å². The van der Waals surface area contributed by atoms with Gasteiger partial charge in [0.1, 0.15) is 11.4 Å². The molecule has 2 rings (SSSR count). The molecule has 0 saturated heterocycles. The van der Waals surface area contributed by atoms with E-state index < -0.39 is 0 Å². The quantitative estimate of drug-likeness (QED) is 0.648. The van der Waals surface area contributed by atoms with Crippen LogP contribution in [0, 0.1) is 0 Å². The SMILES string of the molecule is CCCCCNc1ccnc(C(=O)Nc2ccc(OC(C)C)cc2)c1. The van der Waals surface area contributed by atoms with E-state index in [1.807, 2.05) is 44.2 Å². The van der Waals surface area contributed by atoms with Gasteiger partial charge in [0.05, 0.1) is 6.10 Å². The number of unbranched alkanes of at least 4 members (excludes halogenated alkanes) is 2. The lowest BCUT2D eigenvalue weighted by Crippen LogP contribution is -2.14. The number of nitrogens with zero attached hydrogens (tertiary/aromatic N) is 1. The first-order chi connectivity index (χ1) is 12.1. The molecule has 2 N–H and O–H groups in total. The largest absolute Gasteiger partial charge is 0.491 e. The van der Waals surface area contributed by atoms with Crippen LogP contribution in [0.2, 0.25) is 0 Å². The maximum atomic E-state index is 12.4. The number of hydrogen-bond donors (Lipinski definition) is 2. The molecule has 0 saturated carbocycles. The molecule has 0 spiro atoms. The third-order valence-electron chi connectivity index (χ3n) is 3.59. The standard InChI is InChI=1S/C20H27N3O2/c1-4-5-6-12-21-17-11-13-22-19(14-17)20(24)23-16-7-9-18(10-8-16)25-15(2)3/h7-11,13-15H,4-6,12H2,1-3H3,(H,21,22)(H,23,24). The van der Waals surface area contributed by atoms with Crippen LogP contribution in [0.4, 0.5) is 11.4 Å². The first kappa shape index (κ1) is 18.8. The van der Waals surface area contributed by atoms with Gasteiger partial charge >= 0.3 is 0 Å². The summed E-state index contributed by atoms with van der Waals surface area (Å²) in [7, 11) is 0. The van der Waals surface area contributed by atoms with Gasteiger partial charge in [0.15, 0.2) is 0 Å². The number of pyridine rings is 1. The van der Waals surface area contributed by atoms with Gasteiger partial charge in [0.2, 0.25) is 0 Å². The number of hydrogen-bond acceptors (Lipinski definition) is 4. The molecule has 0 unspecified atom stereocenters. The summed E-state index contributed by atoms with van der Waals surface area (Å²) >= 11 is 0. The lowest BCUT2D eigenvalue weighted by Gasteiger charge is -2.11. The molecule has 0 radical (unpaired) electrons. The first-order valence-corrected chi connectivity index (χ1v) is 8.86. The van der Waals surface area contributed by atoms with Crippen LogP contribution in [0.5, 0.6) is 5.75 Å². The summed E-state index contributed by atoms with van der Waals surface area (Å²) in [5, 5.41) is 6.19. The van der Waals surface area contributed by atoms with E-state index in [2.05, 4.69) is 22.5 Å². The number of carbonyl (C=O) groups excluding carboxylic acids is 1. The summed E-state index contributed by atoms with van der Waals surface area (Å²) < 4.78 is 5.60. The molecule has 134 valence electrons. The third-order valence-corrected chi connectivity index (χ3v) is 3.59. The van der Waals surface area contributed by atoms with E-state index in [1.165, 1.54) is 12.8 Å². The summed E-state index contributed by atoms with van der Waals surface area (Å²) in [6.07, 6.45) is 5.27. The van der Waals surface area contributed by atoms with Crippen LogP contribution in [0.15, 0.2) is 42.6 Å². The predicted octanol–water partition coefficient (Wildman–Crippen LogP) is 4.72. The second kappa shape index (κ2) is 9.67. The van der Waals surface area contributed by atoms with Crippen LogP contribution >= 0.6 is 0 Å². The number of benzene rings is 1. The molecule has 0 bridgehead atoms. The van der Waals surface area contributed by atoms with Crippen LogP contribution in [0.1, 0.15) is 50.5 Å². The monoisotopic (exact) mass is 341 g/mol. The van der Waals surface area contributed by atoms with Crippen molar-refractivity contribution in [1.82, 2.24) is 4.98 Å². The van der Waals surface area contributed by atoms with Crippen LogP contribution < -0.4 is 15.4 Å². The van der Waals surface area contributed by atoms with Crippen molar-refractivity contribution in [2.24, 2.45) is 0 Å². The van der Waals surface area contributed by atoms with E-state index in [4.69, 9.17) is 4.74 Å². The number of rotatable bonds is 9. The molecule has 1 aromatic heterocycles. The minimum Gasteiger partial charge on any atom is -0.491 e. The molecule has 1 heterocycles. The molecular formula is C20H27N3O2. The Balaban J connectivity index is 1.93. The Morgan fingerprint density at radius 2 is 1.88 bits per heavy atom. The van der Waals surface area contributed by atoms with E-state index in [-0.39, 0.29) is 12.0 Å². The minimum atomic E-state index is -0.227. The molecule has 0 fully saturated rings. The normalized spacial score (nSPS) is 10.6. The van der Waals surface area contributed by atoms with Crippen LogP contribution in [0.3, 0.4) is 0 Å². The molecular weight excluding hydrogens is 314 g/mol. The van der Waals surface area contributed by atoms with Gasteiger partial charge in [-0.15, -0.1) is 0 Å². The molecule has 1 amide bonds. The van der Waals surface area contributed by atoms with E-state index >= 15 is 0 Å². The molecule has 2 aromatic rings. The third kappa shape index (κ3) is 6.45. The van der Waals surface area contributed by atoms with Crippen LogP contribution in [-0.4, -0.2) is 23.5 Å². The van der Waals surface area contributed by atoms with Crippen molar-refractivity contribution < 1.29 is 9.53 Å². The van der Waals surface area contributed by atoms with Crippen molar-refractivity contribution in [3.05, 3.63) is 48.3 Å². The van der Waals surface area contributed by atoms with Gasteiger partial charge in [-0.3, -0.25) is 9.78 Å². The topological polar surface area (TPSA) is 63.2 Å². The molecule has 0 aliphatic heterocycles. The van der Waals surface area contributed by atoms with Crippen LogP contribution in [0.25, 0.3) is 0 Å². The second-order valence-corrected chi connectivity index (χ2v) is 6.21. The number of amides is 1. The minimum absolute atomic E-state index is 0.122. The Morgan fingerprint density at radius 1 is 1.12 bits per heavy atom. The highest BCUT2D eigenvalue weighted by molar-refractivity contribution is 6.03. The number of aromatic nitrogens is 1. The van der Waals surface area contributed by atoms with Gasteiger partial charge in [0, 0.05) is 24.1 Å². The molecule has 5 heteroatoms. The van der Waals surface area contributed by atoms with E-state index in [0.29, 0.717) is 11.4 Å². The fourth-order valence-electron chi connectivity index (χ4n) is 2.36. The van der Waals surface area contributed by atoms with Gasteiger partial charge in [0.25, 0.3) is 5.91 Å². The van der Waals surface area contributed by atoms with Gasteiger partial charge in [-0.2, -0.15) is 0 Å². The Hall–Kier alpha value is -2.56. The molecule has 0 aliphatic rings. The first-order valence-electron chi connectivity index (χ1n) is 8.86. The Morgan fingerprint density at radius 3 is 2.56 bits per heavy atom. The lowest BCUT2D eigenvalue weighted by atomic mass is 10.2. The van der Waals surface area contributed by atoms with Crippen molar-refractivity contribution in [1.29, 1.82) is 0 Å². The van der Waals surface area contributed by atoms with Crippen molar-refractivity contribution in [3.8, 4) is 5.75 Å². The number of carbonyl (C=O) groups is 1. The van der Waals surface area contributed by atoms with Crippen LogP contribution in [-0.2, 0) is 0 Å². The van der Waals surface area contributed by atoms with Gasteiger partial charge in [-0.25, -0.2) is 0 Å². The highest BCUT2D eigenvalue weighted by Crippen LogP contribution is 2.18. The molecule has 25 heavy (non-hydrogen) atoms. The zero-order chi connectivity index (χ0) is 18.1. The lowest BCUT2D eigenvalue weighted by molar-refractivity contribution is 0.102. The average Bonchev–Trinajstić information content (AvgIpc) is 2.60. The fraction of sp³-hybridized carbons (Fsp3) is 0.400. The fourth-order valence-corrected chi connectivity index (χ4v) is 2.36. The average molecular weight is 341 g/mol. The predicted molar refractivity (Wildman–Crippen MR) is 102 cm³/mol. The summed E-state index contributed by atoms with van der Waals surface area (Å²) in [4.78, 5) is 16.5. The molecule has 1 aromatic carbocycles. The number of nitrogens with one attached hydrogen (secondary N) is 2. The second-order valence-electron chi connectivity index (χ2n) is 6.21.